The van der Waals surface area contributed by atoms with Gasteiger partial charge in [0, 0.05) is 19.6 Å². The lowest BCUT2D eigenvalue weighted by Crippen LogP contribution is -2.45. The van der Waals surface area contributed by atoms with Gasteiger partial charge in [0.05, 0.1) is 5.92 Å². The van der Waals surface area contributed by atoms with Crippen molar-refractivity contribution in [2.45, 2.75) is 26.2 Å². The van der Waals surface area contributed by atoms with Gasteiger partial charge in [-0.05, 0) is 19.3 Å². The number of rotatable bonds is 3. The third kappa shape index (κ3) is 3.42. The Morgan fingerprint density at radius 3 is 2.47 bits per heavy atom. The molecule has 0 bridgehead atoms. The topological polar surface area (TPSA) is 69.6 Å². The third-order valence-corrected chi connectivity index (χ3v) is 2.66. The Hall–Kier alpha value is -1.26. The maximum absolute atomic E-state index is 11.5. The standard InChI is InChI=1S/C10H18N2O3/c1-2-5-11-10(15)12-6-3-8(4-7-12)9(13)14/h8H,2-7H2,1H3,(H,11,15)(H,13,14). The number of carbonyl (C=O) groups is 2. The van der Waals surface area contributed by atoms with Crippen LogP contribution >= 0.6 is 0 Å². The third-order valence-electron chi connectivity index (χ3n) is 2.66. The van der Waals surface area contributed by atoms with Crippen molar-refractivity contribution in [3.63, 3.8) is 0 Å². The average molecular weight is 214 g/mol. The number of urea groups is 1. The molecule has 86 valence electrons. The van der Waals surface area contributed by atoms with Gasteiger partial charge in [-0.2, -0.15) is 0 Å². The van der Waals surface area contributed by atoms with Crippen LogP contribution in [-0.4, -0.2) is 41.6 Å². The van der Waals surface area contributed by atoms with E-state index in [1.165, 1.54) is 0 Å². The molecule has 1 fully saturated rings. The van der Waals surface area contributed by atoms with E-state index in [1.807, 2.05) is 6.92 Å². The van der Waals surface area contributed by atoms with Crippen molar-refractivity contribution >= 4 is 12.0 Å². The molecule has 15 heavy (non-hydrogen) atoms. The summed E-state index contributed by atoms with van der Waals surface area (Å²) in [5.74, 6) is -1.02. The van der Waals surface area contributed by atoms with Gasteiger partial charge in [-0.25, -0.2) is 4.79 Å². The van der Waals surface area contributed by atoms with E-state index in [9.17, 15) is 9.59 Å². The summed E-state index contributed by atoms with van der Waals surface area (Å²) >= 11 is 0. The minimum atomic E-state index is -0.747. The summed E-state index contributed by atoms with van der Waals surface area (Å²) in [6.07, 6.45) is 2.04. The Morgan fingerprint density at radius 2 is 2.00 bits per heavy atom. The van der Waals surface area contributed by atoms with E-state index in [0.29, 0.717) is 32.5 Å². The lowest BCUT2D eigenvalue weighted by atomic mass is 9.97. The summed E-state index contributed by atoms with van der Waals surface area (Å²) in [4.78, 5) is 23.9. The fourth-order valence-electron chi connectivity index (χ4n) is 1.67. The van der Waals surface area contributed by atoms with Gasteiger partial charge in [0.15, 0.2) is 0 Å². The van der Waals surface area contributed by atoms with E-state index in [-0.39, 0.29) is 11.9 Å². The van der Waals surface area contributed by atoms with Crippen molar-refractivity contribution in [2.75, 3.05) is 19.6 Å². The van der Waals surface area contributed by atoms with Crippen LogP contribution in [0.4, 0.5) is 4.79 Å². The second-order valence-electron chi connectivity index (χ2n) is 3.83. The van der Waals surface area contributed by atoms with E-state index in [1.54, 1.807) is 4.90 Å². The van der Waals surface area contributed by atoms with Crippen molar-refractivity contribution in [1.82, 2.24) is 10.2 Å². The van der Waals surface area contributed by atoms with Gasteiger partial charge in [0.25, 0.3) is 0 Å². The first-order valence-electron chi connectivity index (χ1n) is 5.40. The molecule has 0 aromatic rings. The fraction of sp³-hybridized carbons (Fsp3) is 0.800. The highest BCUT2D eigenvalue weighted by Crippen LogP contribution is 2.16. The van der Waals surface area contributed by atoms with Crippen molar-refractivity contribution in [1.29, 1.82) is 0 Å². The zero-order chi connectivity index (χ0) is 11.3. The SMILES string of the molecule is CCCNC(=O)N1CCC(C(=O)O)CC1. The number of carboxylic acids is 1. The number of nitrogens with zero attached hydrogens (tertiary/aromatic N) is 1. The number of amides is 2. The molecular weight excluding hydrogens is 196 g/mol. The molecule has 0 unspecified atom stereocenters. The maximum atomic E-state index is 11.5. The second kappa shape index (κ2) is 5.58. The molecule has 0 aliphatic carbocycles. The number of hydrogen-bond donors (Lipinski definition) is 2. The molecule has 0 aromatic heterocycles. The quantitative estimate of drug-likeness (QED) is 0.733. The van der Waals surface area contributed by atoms with Gasteiger partial charge in [0.1, 0.15) is 0 Å². The normalized spacial score (nSPS) is 17.5. The van der Waals surface area contributed by atoms with Gasteiger partial charge in [-0.1, -0.05) is 6.92 Å². The molecular formula is C10H18N2O3. The molecule has 1 rings (SSSR count). The minimum Gasteiger partial charge on any atom is -0.481 e. The highest BCUT2D eigenvalue weighted by molar-refractivity contribution is 5.75. The Labute approximate surface area is 89.4 Å². The van der Waals surface area contributed by atoms with E-state index < -0.39 is 5.97 Å². The van der Waals surface area contributed by atoms with Crippen LogP contribution in [0.1, 0.15) is 26.2 Å². The second-order valence-corrected chi connectivity index (χ2v) is 3.83. The van der Waals surface area contributed by atoms with Crippen molar-refractivity contribution in [3.05, 3.63) is 0 Å². The van der Waals surface area contributed by atoms with Crippen LogP contribution < -0.4 is 5.32 Å². The fourth-order valence-corrected chi connectivity index (χ4v) is 1.67. The van der Waals surface area contributed by atoms with Crippen molar-refractivity contribution in [2.24, 2.45) is 5.92 Å². The smallest absolute Gasteiger partial charge is 0.317 e. The van der Waals surface area contributed by atoms with E-state index in [0.717, 1.165) is 6.42 Å². The molecule has 2 N–H and O–H groups in total. The molecule has 0 radical (unpaired) electrons. The Balaban J connectivity index is 2.30. The molecule has 1 saturated heterocycles. The number of nitrogens with one attached hydrogen (secondary N) is 1. The van der Waals surface area contributed by atoms with Crippen molar-refractivity contribution in [3.8, 4) is 0 Å². The molecule has 5 heteroatoms. The Kier molecular flexibility index (Phi) is 4.39. The lowest BCUT2D eigenvalue weighted by Gasteiger charge is -2.30. The maximum Gasteiger partial charge on any atom is 0.317 e. The predicted octanol–water partition coefficient (Wildman–Crippen LogP) is 0.903. The summed E-state index contributed by atoms with van der Waals surface area (Å²) in [5.41, 5.74) is 0. The summed E-state index contributed by atoms with van der Waals surface area (Å²) in [6, 6.07) is -0.0688. The molecule has 0 atom stereocenters. The number of likely N-dealkylation sites (tertiary alicyclic amines) is 1. The first-order valence-corrected chi connectivity index (χ1v) is 5.40. The Morgan fingerprint density at radius 1 is 1.40 bits per heavy atom. The van der Waals surface area contributed by atoms with Gasteiger partial charge >= 0.3 is 12.0 Å². The summed E-state index contributed by atoms with van der Waals surface area (Å²) < 4.78 is 0. The molecule has 2 amide bonds. The van der Waals surface area contributed by atoms with Crippen LogP contribution in [0.2, 0.25) is 0 Å². The molecule has 0 aromatic carbocycles. The van der Waals surface area contributed by atoms with E-state index in [4.69, 9.17) is 5.11 Å². The van der Waals surface area contributed by atoms with Crippen LogP contribution in [0.3, 0.4) is 0 Å². The van der Waals surface area contributed by atoms with Crippen LogP contribution in [0.25, 0.3) is 0 Å². The van der Waals surface area contributed by atoms with Gasteiger partial charge in [-0.15, -0.1) is 0 Å². The molecule has 1 aliphatic rings. The predicted molar refractivity (Wildman–Crippen MR) is 55.6 cm³/mol. The van der Waals surface area contributed by atoms with Gasteiger partial charge < -0.3 is 15.3 Å². The minimum absolute atomic E-state index is 0.0688. The average Bonchev–Trinajstić information content (AvgIpc) is 2.26. The lowest BCUT2D eigenvalue weighted by molar-refractivity contribution is -0.143. The summed E-state index contributed by atoms with van der Waals surface area (Å²) in [5, 5.41) is 11.6. The number of carboxylic acid groups (broad SMARTS) is 1. The van der Waals surface area contributed by atoms with Crippen LogP contribution in [0.5, 0.6) is 0 Å². The van der Waals surface area contributed by atoms with Gasteiger partial charge in [-0.3, -0.25) is 4.79 Å². The van der Waals surface area contributed by atoms with Crippen LogP contribution in [0.15, 0.2) is 0 Å². The summed E-state index contributed by atoms with van der Waals surface area (Å²) in [6.45, 7) is 3.77. The molecule has 5 nitrogen and oxygen atoms in total. The molecule has 0 saturated carbocycles. The number of hydrogen-bond acceptors (Lipinski definition) is 2. The van der Waals surface area contributed by atoms with Crippen LogP contribution in [0, 0.1) is 5.92 Å². The van der Waals surface area contributed by atoms with Crippen molar-refractivity contribution < 1.29 is 14.7 Å². The highest BCUT2D eigenvalue weighted by atomic mass is 16.4. The Bertz CT molecular complexity index is 235. The zero-order valence-electron chi connectivity index (χ0n) is 9.03. The summed E-state index contributed by atoms with van der Waals surface area (Å²) in [7, 11) is 0. The van der Waals surface area contributed by atoms with E-state index in [2.05, 4.69) is 5.32 Å². The first-order chi connectivity index (χ1) is 7.15. The molecule has 1 heterocycles. The first kappa shape index (κ1) is 11.8. The van der Waals surface area contributed by atoms with Crippen LogP contribution in [-0.2, 0) is 4.79 Å². The zero-order valence-corrected chi connectivity index (χ0v) is 9.03. The number of aliphatic carboxylic acids is 1. The largest absolute Gasteiger partial charge is 0.481 e. The highest BCUT2D eigenvalue weighted by Gasteiger charge is 2.26. The monoisotopic (exact) mass is 214 g/mol. The number of carbonyl (C=O) groups excluding carboxylic acids is 1. The van der Waals surface area contributed by atoms with E-state index >= 15 is 0 Å². The van der Waals surface area contributed by atoms with Gasteiger partial charge in [0.2, 0.25) is 0 Å². The molecule has 0 spiro atoms. The number of piperidine rings is 1. The molecule has 1 aliphatic heterocycles.